The van der Waals surface area contributed by atoms with E-state index >= 15 is 0 Å². The third kappa shape index (κ3) is 8.08. The Morgan fingerprint density at radius 2 is 1.62 bits per heavy atom. The smallest absolute Gasteiger partial charge is 0.430 e. The maximum absolute atomic E-state index is 10.5. The summed E-state index contributed by atoms with van der Waals surface area (Å²) in [6.45, 7) is 0.488. The van der Waals surface area contributed by atoms with Gasteiger partial charge in [-0.15, -0.1) is 0 Å². The number of benzene rings is 1. The Hall–Kier alpha value is -2.78. The summed E-state index contributed by atoms with van der Waals surface area (Å²) in [4.78, 5) is 22.0. The van der Waals surface area contributed by atoms with Crippen LogP contribution in [0.2, 0.25) is 0 Å². The molecule has 0 amide bonds. The normalized spacial score (nSPS) is 10.0. The van der Waals surface area contributed by atoms with E-state index in [4.69, 9.17) is 26.5 Å². The number of carboxylic acid groups (broad SMARTS) is 2. The average molecular weight is 307 g/mol. The van der Waals surface area contributed by atoms with Crippen molar-refractivity contribution in [3.8, 4) is 0 Å². The first-order chi connectivity index (χ1) is 9.54. The molecule has 0 aromatic heterocycles. The number of aromatic carboxylic acids is 1. The third-order valence-electron chi connectivity index (χ3n) is 1.93. The van der Waals surface area contributed by atoms with Crippen LogP contribution >= 0.6 is 0 Å². The van der Waals surface area contributed by atoms with Crippen molar-refractivity contribution >= 4 is 17.9 Å². The van der Waals surface area contributed by atoms with Crippen molar-refractivity contribution < 1.29 is 38.0 Å². The number of aliphatic carboxylic acids is 1. The van der Waals surface area contributed by atoms with Crippen LogP contribution in [0.3, 0.4) is 0 Å². The molecular weight excluding hydrogens is 295 g/mol. The fourth-order valence-electron chi connectivity index (χ4n) is 0.969. The summed E-state index contributed by atoms with van der Waals surface area (Å²) in [5.41, 5.74) is 11.6. The largest absolute Gasteiger partial charge is 0.542 e. The number of halogens is 3. The van der Waals surface area contributed by atoms with E-state index in [1.807, 2.05) is 0 Å². The number of nitrogens with two attached hydrogens (primary N) is 2. The second-order valence-corrected chi connectivity index (χ2v) is 3.60. The van der Waals surface area contributed by atoms with Gasteiger partial charge in [-0.1, -0.05) is 12.1 Å². The van der Waals surface area contributed by atoms with Gasteiger partial charge in [0, 0.05) is 0 Å². The lowest BCUT2D eigenvalue weighted by atomic mass is 10.1. The van der Waals surface area contributed by atoms with Crippen LogP contribution in [-0.2, 0) is 11.3 Å². The highest BCUT2D eigenvalue weighted by molar-refractivity contribution is 5.87. The number of guanidine groups is 1. The molecule has 0 saturated carbocycles. The van der Waals surface area contributed by atoms with E-state index in [1.165, 1.54) is 12.1 Å². The molecule has 0 heterocycles. The maximum Gasteiger partial charge on any atom is 0.430 e. The molecule has 0 aliphatic heterocycles. The molecule has 1 aromatic rings. The zero-order valence-corrected chi connectivity index (χ0v) is 10.5. The first kappa shape index (κ1) is 18.2. The van der Waals surface area contributed by atoms with Crippen LogP contribution < -0.4 is 21.6 Å². The van der Waals surface area contributed by atoms with E-state index in [-0.39, 0.29) is 11.5 Å². The molecule has 10 heteroatoms. The van der Waals surface area contributed by atoms with Gasteiger partial charge >= 0.3 is 18.1 Å². The molecule has 0 fully saturated rings. The number of rotatable bonds is 3. The number of hydrogen-bond acceptors (Lipinski definition) is 3. The van der Waals surface area contributed by atoms with Gasteiger partial charge in [-0.25, -0.2) is 4.79 Å². The molecule has 0 radical (unpaired) electrons. The van der Waals surface area contributed by atoms with Crippen LogP contribution in [-0.4, -0.2) is 29.2 Å². The van der Waals surface area contributed by atoms with Crippen molar-refractivity contribution in [2.45, 2.75) is 12.7 Å². The molecule has 0 aliphatic rings. The van der Waals surface area contributed by atoms with Crippen LogP contribution in [0, 0.1) is 0 Å². The van der Waals surface area contributed by atoms with Crippen molar-refractivity contribution in [1.82, 2.24) is 0 Å². The second-order valence-electron chi connectivity index (χ2n) is 3.60. The van der Waals surface area contributed by atoms with Crippen LogP contribution in [0.1, 0.15) is 15.9 Å². The minimum absolute atomic E-state index is 0.146. The van der Waals surface area contributed by atoms with Crippen molar-refractivity contribution in [2.75, 3.05) is 0 Å². The number of carbonyl (C=O) groups is 2. The first-order valence-corrected chi connectivity index (χ1v) is 5.26. The Bertz CT molecular complexity index is 523. The van der Waals surface area contributed by atoms with Gasteiger partial charge in [-0.05, 0) is 17.7 Å². The number of carboxylic acids is 2. The van der Waals surface area contributed by atoms with Crippen LogP contribution in [0.4, 0.5) is 13.2 Å². The molecule has 116 valence electrons. The molecule has 0 spiro atoms. The van der Waals surface area contributed by atoms with Crippen molar-refractivity contribution in [1.29, 1.82) is 0 Å². The average Bonchev–Trinajstić information content (AvgIpc) is 2.36. The van der Waals surface area contributed by atoms with E-state index in [2.05, 4.69) is 4.99 Å². The molecular formula is C11H12F3N3O4. The first-order valence-electron chi connectivity index (χ1n) is 5.26. The molecule has 7 nitrogen and oxygen atoms in total. The lowest BCUT2D eigenvalue weighted by molar-refractivity contribution is -0.477. The van der Waals surface area contributed by atoms with E-state index < -0.39 is 18.1 Å². The van der Waals surface area contributed by atoms with Gasteiger partial charge < -0.3 is 15.0 Å². The molecule has 6 N–H and O–H groups in total. The quantitative estimate of drug-likeness (QED) is 0.360. The summed E-state index contributed by atoms with van der Waals surface area (Å²) in [5.74, 6) is -3.80. The lowest BCUT2D eigenvalue weighted by Crippen LogP contribution is -2.76. The monoisotopic (exact) mass is 307 g/mol. The number of nitrogens with one attached hydrogen (secondary N) is 1. The molecule has 0 atom stereocenters. The predicted molar refractivity (Wildman–Crippen MR) is 62.5 cm³/mol. The number of carbonyl (C=O) groups excluding carboxylic acids is 1. The number of hydrogen-bond donors (Lipinski definition) is 4. The Labute approximate surface area is 116 Å². The summed E-state index contributed by atoms with van der Waals surface area (Å²) in [5, 5.41) is 17.4. The highest BCUT2D eigenvalue weighted by atomic mass is 19.4. The minimum Gasteiger partial charge on any atom is -0.542 e. The zero-order valence-electron chi connectivity index (χ0n) is 10.5. The van der Waals surface area contributed by atoms with Crippen molar-refractivity contribution in [2.24, 2.45) is 11.5 Å². The molecule has 1 aromatic carbocycles. The summed E-state index contributed by atoms with van der Waals surface area (Å²) >= 11 is 0. The lowest BCUT2D eigenvalue weighted by Gasteiger charge is -2.03. The van der Waals surface area contributed by atoms with E-state index in [0.717, 1.165) is 5.56 Å². The molecule has 0 saturated heterocycles. The van der Waals surface area contributed by atoms with Gasteiger partial charge in [0.25, 0.3) is 0 Å². The molecule has 21 heavy (non-hydrogen) atoms. The summed E-state index contributed by atoms with van der Waals surface area (Å²) < 4.78 is 31.5. The fraction of sp³-hybridized carbons (Fsp3) is 0.182. The summed E-state index contributed by atoms with van der Waals surface area (Å²) in [7, 11) is 0. The van der Waals surface area contributed by atoms with Crippen LogP contribution in [0.5, 0.6) is 0 Å². The Kier molecular flexibility index (Phi) is 6.70. The minimum atomic E-state index is -5.19. The van der Waals surface area contributed by atoms with Gasteiger partial charge in [-0.2, -0.15) is 13.2 Å². The van der Waals surface area contributed by atoms with E-state index in [0.29, 0.717) is 6.54 Å². The van der Waals surface area contributed by atoms with E-state index in [9.17, 15) is 18.0 Å². The van der Waals surface area contributed by atoms with E-state index in [1.54, 1.807) is 12.1 Å². The predicted octanol–water partition coefficient (Wildman–Crippen LogP) is -2.46. The zero-order chi connectivity index (χ0) is 16.6. The Morgan fingerprint density at radius 1 is 1.19 bits per heavy atom. The highest BCUT2D eigenvalue weighted by Crippen LogP contribution is 2.11. The van der Waals surface area contributed by atoms with Crippen molar-refractivity contribution in [3.05, 3.63) is 35.4 Å². The highest BCUT2D eigenvalue weighted by Gasteiger charge is 2.28. The van der Waals surface area contributed by atoms with Gasteiger partial charge in [0.2, 0.25) is 0 Å². The van der Waals surface area contributed by atoms with Gasteiger partial charge in [0.05, 0.1) is 12.1 Å². The Balaban J connectivity index is 0.000000486. The van der Waals surface area contributed by atoms with Gasteiger partial charge in [0.15, 0.2) is 0 Å². The van der Waals surface area contributed by atoms with Gasteiger partial charge in [-0.3, -0.25) is 16.5 Å². The maximum atomic E-state index is 10.5. The van der Waals surface area contributed by atoms with Gasteiger partial charge in [0.1, 0.15) is 5.97 Å². The summed E-state index contributed by atoms with van der Waals surface area (Å²) in [6, 6.07) is 6.48. The number of alkyl halides is 3. The fourth-order valence-corrected chi connectivity index (χ4v) is 0.969. The molecule has 0 aliphatic carbocycles. The topological polar surface area (TPSA) is 143 Å². The van der Waals surface area contributed by atoms with Crippen molar-refractivity contribution in [3.63, 3.8) is 0 Å². The Morgan fingerprint density at radius 3 is 1.90 bits per heavy atom. The standard InChI is InChI=1S/C9H11N3O2.C2HF3O2/c10-9(11)12-5-6-1-3-7(4-2-6)8(13)14;3-2(4,5)1(6)7/h1-4H,5H2,(H,13,14)(H4,10,11,12);(H,6,7). The van der Waals surface area contributed by atoms with Crippen LogP contribution in [0.15, 0.2) is 24.3 Å². The molecule has 0 unspecified atom stereocenters. The molecule has 1 rings (SSSR count). The SMILES string of the molecule is NC(N)=[NH+]Cc1ccc(C(=O)O)cc1.O=C([O-])C(F)(F)F. The third-order valence-corrected chi connectivity index (χ3v) is 1.93. The summed E-state index contributed by atoms with van der Waals surface area (Å²) in [6.07, 6.45) is -5.19. The van der Waals surface area contributed by atoms with Crippen LogP contribution in [0.25, 0.3) is 0 Å². The molecule has 0 bridgehead atoms. The second kappa shape index (κ2) is 7.72.